The topological polar surface area (TPSA) is 84.1 Å². The molecule has 7 heteroatoms. The zero-order valence-corrected chi connectivity index (χ0v) is 15.0. The number of piperidine rings is 1. The Morgan fingerprint density at radius 2 is 2.24 bits per heavy atom. The first-order valence-corrected chi connectivity index (χ1v) is 8.57. The van der Waals surface area contributed by atoms with Crippen molar-refractivity contribution in [2.45, 2.75) is 44.1 Å². The molecule has 0 radical (unpaired) electrons. The van der Waals surface area contributed by atoms with Crippen LogP contribution >= 0.6 is 0 Å². The standard InChI is InChI=1S/C18H25N5O2/c1-17(2,14-6-4-8-19-11-14)16(24)23-9-5-7-18(25,12-23)10-15-21-20-13-22(15)3/h4,6,8,11,13,25H,5,7,9-10,12H2,1-3H3. The van der Waals surface area contributed by atoms with Gasteiger partial charge in [0, 0.05) is 39.0 Å². The van der Waals surface area contributed by atoms with Crippen LogP contribution in [0.2, 0.25) is 0 Å². The third kappa shape index (κ3) is 3.56. The second-order valence-electron chi connectivity index (χ2n) is 7.46. The molecule has 25 heavy (non-hydrogen) atoms. The van der Waals surface area contributed by atoms with Crippen molar-refractivity contribution >= 4 is 5.91 Å². The van der Waals surface area contributed by atoms with Crippen LogP contribution in [-0.4, -0.2) is 54.4 Å². The van der Waals surface area contributed by atoms with E-state index in [1.807, 2.05) is 33.0 Å². The number of β-amino-alcohol motifs (C(OH)–C–C–N with tert-alkyl or cyclic N) is 1. The number of likely N-dealkylation sites (tertiary alicyclic amines) is 1. The van der Waals surface area contributed by atoms with E-state index in [9.17, 15) is 9.90 Å². The highest BCUT2D eigenvalue weighted by atomic mass is 16.3. The summed E-state index contributed by atoms with van der Waals surface area (Å²) >= 11 is 0. The van der Waals surface area contributed by atoms with Crippen LogP contribution < -0.4 is 0 Å². The van der Waals surface area contributed by atoms with Crippen LogP contribution in [0.15, 0.2) is 30.9 Å². The maximum absolute atomic E-state index is 13.1. The molecule has 1 aliphatic heterocycles. The van der Waals surface area contributed by atoms with Crippen LogP contribution in [0.5, 0.6) is 0 Å². The third-order valence-electron chi connectivity index (χ3n) is 5.05. The molecule has 3 rings (SSSR count). The first kappa shape index (κ1) is 17.5. The molecule has 1 aliphatic rings. The van der Waals surface area contributed by atoms with E-state index in [1.54, 1.807) is 28.2 Å². The van der Waals surface area contributed by atoms with E-state index in [0.29, 0.717) is 25.9 Å². The number of pyridine rings is 1. The predicted molar refractivity (Wildman–Crippen MR) is 92.7 cm³/mol. The smallest absolute Gasteiger partial charge is 0.232 e. The fourth-order valence-electron chi connectivity index (χ4n) is 3.44. The summed E-state index contributed by atoms with van der Waals surface area (Å²) in [5, 5.41) is 19.0. The molecule has 7 nitrogen and oxygen atoms in total. The number of aryl methyl sites for hydroxylation is 1. The lowest BCUT2D eigenvalue weighted by molar-refractivity contribution is -0.143. The Balaban J connectivity index is 1.76. The fourth-order valence-corrected chi connectivity index (χ4v) is 3.44. The van der Waals surface area contributed by atoms with Gasteiger partial charge < -0.3 is 14.6 Å². The van der Waals surface area contributed by atoms with Gasteiger partial charge in [-0.3, -0.25) is 9.78 Å². The number of rotatable bonds is 4. The Kier molecular flexibility index (Phi) is 4.60. The van der Waals surface area contributed by atoms with Gasteiger partial charge in [-0.15, -0.1) is 10.2 Å². The van der Waals surface area contributed by atoms with E-state index in [-0.39, 0.29) is 5.91 Å². The molecule has 1 atom stereocenters. The molecule has 2 aromatic heterocycles. The summed E-state index contributed by atoms with van der Waals surface area (Å²) in [6.45, 7) is 4.78. The van der Waals surface area contributed by atoms with Gasteiger partial charge in [0.25, 0.3) is 0 Å². The first-order chi connectivity index (χ1) is 11.8. The first-order valence-electron chi connectivity index (χ1n) is 8.57. The summed E-state index contributed by atoms with van der Waals surface area (Å²) in [5.74, 6) is 0.736. The largest absolute Gasteiger partial charge is 0.388 e. The lowest BCUT2D eigenvalue weighted by Crippen LogP contribution is -2.55. The van der Waals surface area contributed by atoms with Crippen molar-refractivity contribution in [1.29, 1.82) is 0 Å². The molecule has 3 heterocycles. The van der Waals surface area contributed by atoms with Gasteiger partial charge in [0.1, 0.15) is 12.2 Å². The van der Waals surface area contributed by atoms with E-state index < -0.39 is 11.0 Å². The monoisotopic (exact) mass is 343 g/mol. The Hall–Kier alpha value is -2.28. The highest BCUT2D eigenvalue weighted by Crippen LogP contribution is 2.30. The molecule has 1 unspecified atom stereocenters. The second-order valence-corrected chi connectivity index (χ2v) is 7.46. The maximum atomic E-state index is 13.1. The van der Waals surface area contributed by atoms with Crippen molar-refractivity contribution in [1.82, 2.24) is 24.6 Å². The molecule has 0 spiro atoms. The van der Waals surface area contributed by atoms with Crippen molar-refractivity contribution in [3.8, 4) is 0 Å². The molecular formula is C18H25N5O2. The molecule has 0 aliphatic carbocycles. The van der Waals surface area contributed by atoms with Gasteiger partial charge in [-0.05, 0) is 38.3 Å². The number of carbonyl (C=O) groups is 1. The summed E-state index contributed by atoms with van der Waals surface area (Å²) in [4.78, 5) is 19.0. The van der Waals surface area contributed by atoms with Crippen molar-refractivity contribution < 1.29 is 9.90 Å². The van der Waals surface area contributed by atoms with Crippen LogP contribution in [0.25, 0.3) is 0 Å². The minimum absolute atomic E-state index is 0.0107. The van der Waals surface area contributed by atoms with Crippen LogP contribution in [0.1, 0.15) is 38.1 Å². The Bertz CT molecular complexity index is 743. The van der Waals surface area contributed by atoms with Crippen LogP contribution in [-0.2, 0) is 23.7 Å². The quantitative estimate of drug-likeness (QED) is 0.898. The highest BCUT2D eigenvalue weighted by Gasteiger charge is 2.41. The number of aliphatic hydroxyl groups is 1. The summed E-state index contributed by atoms with van der Waals surface area (Å²) in [7, 11) is 1.86. The van der Waals surface area contributed by atoms with Crippen molar-refractivity contribution in [3.05, 3.63) is 42.2 Å². The SMILES string of the molecule is Cn1cnnc1CC1(O)CCCN(C(=O)C(C)(C)c2cccnc2)C1. The molecule has 0 aromatic carbocycles. The Labute approximate surface area is 147 Å². The van der Waals surface area contributed by atoms with Crippen molar-refractivity contribution in [2.75, 3.05) is 13.1 Å². The lowest BCUT2D eigenvalue weighted by Gasteiger charge is -2.42. The molecule has 134 valence electrons. The molecular weight excluding hydrogens is 318 g/mol. The van der Waals surface area contributed by atoms with E-state index in [0.717, 1.165) is 17.8 Å². The van der Waals surface area contributed by atoms with Gasteiger partial charge in [0.15, 0.2) is 0 Å². The lowest BCUT2D eigenvalue weighted by atomic mass is 9.82. The van der Waals surface area contributed by atoms with Gasteiger partial charge in [-0.1, -0.05) is 6.07 Å². The minimum Gasteiger partial charge on any atom is -0.388 e. The normalized spacial score (nSPS) is 21.4. The second kappa shape index (κ2) is 6.55. The molecule has 1 fully saturated rings. The predicted octanol–water partition coefficient (Wildman–Crippen LogP) is 1.08. The summed E-state index contributed by atoms with van der Waals surface area (Å²) < 4.78 is 1.80. The van der Waals surface area contributed by atoms with Gasteiger partial charge in [-0.25, -0.2) is 0 Å². The van der Waals surface area contributed by atoms with E-state index in [1.165, 1.54) is 0 Å². The molecule has 0 bridgehead atoms. The summed E-state index contributed by atoms with van der Waals surface area (Å²) in [6.07, 6.45) is 6.86. The number of amides is 1. The number of hydrogen-bond donors (Lipinski definition) is 1. The summed E-state index contributed by atoms with van der Waals surface area (Å²) in [6, 6.07) is 3.76. The highest BCUT2D eigenvalue weighted by molar-refractivity contribution is 5.87. The summed E-state index contributed by atoms with van der Waals surface area (Å²) in [5.41, 5.74) is -0.779. The molecule has 0 saturated carbocycles. The van der Waals surface area contributed by atoms with E-state index in [2.05, 4.69) is 15.2 Å². The maximum Gasteiger partial charge on any atom is 0.232 e. The zero-order chi connectivity index (χ0) is 18.1. The van der Waals surface area contributed by atoms with Gasteiger partial charge in [-0.2, -0.15) is 0 Å². The third-order valence-corrected chi connectivity index (χ3v) is 5.05. The van der Waals surface area contributed by atoms with Crippen LogP contribution in [0.4, 0.5) is 0 Å². The molecule has 1 amide bonds. The number of hydrogen-bond acceptors (Lipinski definition) is 5. The molecule has 1 saturated heterocycles. The van der Waals surface area contributed by atoms with Gasteiger partial charge >= 0.3 is 0 Å². The van der Waals surface area contributed by atoms with Crippen molar-refractivity contribution in [3.63, 3.8) is 0 Å². The van der Waals surface area contributed by atoms with Crippen LogP contribution in [0, 0.1) is 0 Å². The van der Waals surface area contributed by atoms with E-state index in [4.69, 9.17) is 0 Å². The van der Waals surface area contributed by atoms with E-state index >= 15 is 0 Å². The average molecular weight is 343 g/mol. The van der Waals surface area contributed by atoms with Crippen LogP contribution in [0.3, 0.4) is 0 Å². The number of aromatic nitrogens is 4. The Morgan fingerprint density at radius 1 is 1.44 bits per heavy atom. The molecule has 2 aromatic rings. The van der Waals surface area contributed by atoms with Gasteiger partial charge in [0.05, 0.1) is 11.0 Å². The zero-order valence-electron chi connectivity index (χ0n) is 15.0. The van der Waals surface area contributed by atoms with Crippen molar-refractivity contribution in [2.24, 2.45) is 7.05 Å². The number of carbonyl (C=O) groups excluding carboxylic acids is 1. The van der Waals surface area contributed by atoms with Gasteiger partial charge in [0.2, 0.25) is 5.91 Å². The number of nitrogens with zero attached hydrogens (tertiary/aromatic N) is 5. The minimum atomic E-state index is -0.972. The fraction of sp³-hybridized carbons (Fsp3) is 0.556. The average Bonchev–Trinajstić information content (AvgIpc) is 2.99. The Morgan fingerprint density at radius 3 is 2.88 bits per heavy atom. The molecule has 1 N–H and O–H groups in total.